The van der Waals surface area contributed by atoms with Crippen LogP contribution >= 0.6 is 0 Å². The topological polar surface area (TPSA) is 9.23 Å². The molecule has 0 heterocycles. The first-order chi connectivity index (χ1) is 15.6. The van der Waals surface area contributed by atoms with Crippen LogP contribution in [0, 0.1) is 29.4 Å². The molecule has 0 bridgehead atoms. The molecule has 0 aromatic heterocycles. The minimum atomic E-state index is -0.280. The van der Waals surface area contributed by atoms with Gasteiger partial charge in [-0.25, -0.2) is 8.78 Å². The standard InChI is InChI=1S/C29H38F2O/c1-2-3-5-21-8-10-23(11-9-21)24-12-14-25(15-13-24)26-17-28(31)19-29(18-26)32-20-22-6-4-7-27(30)16-22/h4,6-7,16-19,21,23-25H,2-3,5,8-15,20H2,1H3. The number of ether oxygens (including phenoxy) is 1. The van der Waals surface area contributed by atoms with Crippen molar-refractivity contribution >= 4 is 0 Å². The molecule has 0 atom stereocenters. The lowest BCUT2D eigenvalue weighted by atomic mass is 9.68. The number of rotatable bonds is 8. The van der Waals surface area contributed by atoms with Gasteiger partial charge in [-0.05, 0) is 97.6 Å². The van der Waals surface area contributed by atoms with Gasteiger partial charge in [0.1, 0.15) is 24.0 Å². The first-order valence-electron chi connectivity index (χ1n) is 12.8. The SMILES string of the molecule is CCCCC1CCC(C2CCC(c3cc(F)cc(OCc4cccc(F)c4)c3)CC2)CC1. The third-order valence-corrected chi connectivity index (χ3v) is 7.96. The Morgan fingerprint density at radius 3 is 2.22 bits per heavy atom. The number of hydrogen-bond donors (Lipinski definition) is 0. The van der Waals surface area contributed by atoms with Gasteiger partial charge in [0.05, 0.1) is 0 Å². The van der Waals surface area contributed by atoms with E-state index in [2.05, 4.69) is 6.92 Å². The predicted octanol–water partition coefficient (Wildman–Crippen LogP) is 8.81. The summed E-state index contributed by atoms with van der Waals surface area (Å²) in [6, 6.07) is 11.5. The highest BCUT2D eigenvalue weighted by atomic mass is 19.1. The van der Waals surface area contributed by atoms with Crippen LogP contribution < -0.4 is 4.74 Å². The molecule has 32 heavy (non-hydrogen) atoms. The maximum Gasteiger partial charge on any atom is 0.127 e. The van der Waals surface area contributed by atoms with Crippen molar-refractivity contribution in [2.45, 2.75) is 90.1 Å². The Kier molecular flexibility index (Phi) is 8.21. The zero-order valence-electron chi connectivity index (χ0n) is 19.5. The maximum absolute atomic E-state index is 14.3. The van der Waals surface area contributed by atoms with Crippen LogP contribution in [-0.4, -0.2) is 0 Å². The van der Waals surface area contributed by atoms with E-state index in [9.17, 15) is 8.78 Å². The molecule has 4 rings (SSSR count). The van der Waals surface area contributed by atoms with Crippen molar-refractivity contribution in [3.63, 3.8) is 0 Å². The molecular formula is C29H38F2O. The molecule has 2 aromatic carbocycles. The lowest BCUT2D eigenvalue weighted by Gasteiger charge is -2.38. The van der Waals surface area contributed by atoms with Gasteiger partial charge in [-0.15, -0.1) is 0 Å². The van der Waals surface area contributed by atoms with Crippen LogP contribution in [-0.2, 0) is 6.61 Å². The summed E-state index contributed by atoms with van der Waals surface area (Å²) in [4.78, 5) is 0. The molecule has 2 fully saturated rings. The Labute approximate surface area is 192 Å². The normalized spacial score (nSPS) is 26.1. The molecular weight excluding hydrogens is 402 g/mol. The number of unbranched alkanes of at least 4 members (excludes halogenated alkanes) is 1. The number of halogens is 2. The first-order valence-corrected chi connectivity index (χ1v) is 12.8. The first kappa shape index (κ1) is 23.3. The summed E-state index contributed by atoms with van der Waals surface area (Å²) in [5, 5.41) is 0. The largest absolute Gasteiger partial charge is 0.489 e. The van der Waals surface area contributed by atoms with Gasteiger partial charge in [-0.1, -0.05) is 51.2 Å². The van der Waals surface area contributed by atoms with E-state index in [1.807, 2.05) is 12.1 Å². The van der Waals surface area contributed by atoms with Crippen LogP contribution in [0.1, 0.15) is 94.6 Å². The third kappa shape index (κ3) is 6.33. The Bertz CT molecular complexity index is 848. The molecule has 0 radical (unpaired) electrons. The highest BCUT2D eigenvalue weighted by Gasteiger charge is 2.31. The molecule has 2 aliphatic carbocycles. The van der Waals surface area contributed by atoms with Crippen LogP contribution in [0.25, 0.3) is 0 Å². The van der Waals surface area contributed by atoms with Gasteiger partial charge < -0.3 is 4.74 Å². The Hall–Kier alpha value is -1.90. The van der Waals surface area contributed by atoms with E-state index in [0.717, 1.165) is 41.7 Å². The van der Waals surface area contributed by atoms with Gasteiger partial charge in [0, 0.05) is 6.07 Å². The van der Waals surface area contributed by atoms with Gasteiger partial charge in [-0.2, -0.15) is 0 Å². The van der Waals surface area contributed by atoms with Crippen LogP contribution in [0.15, 0.2) is 42.5 Å². The van der Waals surface area contributed by atoms with Crippen molar-refractivity contribution in [1.82, 2.24) is 0 Å². The molecule has 2 aromatic rings. The van der Waals surface area contributed by atoms with Crippen LogP contribution in [0.5, 0.6) is 5.75 Å². The number of benzene rings is 2. The second-order valence-corrected chi connectivity index (χ2v) is 10.2. The fraction of sp³-hybridized carbons (Fsp3) is 0.586. The second kappa shape index (κ2) is 11.3. The molecule has 2 aliphatic rings. The predicted molar refractivity (Wildman–Crippen MR) is 127 cm³/mol. The van der Waals surface area contributed by atoms with E-state index in [-0.39, 0.29) is 18.2 Å². The monoisotopic (exact) mass is 440 g/mol. The van der Waals surface area contributed by atoms with Crippen molar-refractivity contribution < 1.29 is 13.5 Å². The smallest absolute Gasteiger partial charge is 0.127 e. The van der Waals surface area contributed by atoms with Crippen LogP contribution in [0.3, 0.4) is 0 Å². The average molecular weight is 441 g/mol. The van der Waals surface area contributed by atoms with E-state index in [1.54, 1.807) is 12.1 Å². The van der Waals surface area contributed by atoms with E-state index in [4.69, 9.17) is 4.74 Å². The fourth-order valence-electron chi connectivity index (χ4n) is 6.06. The van der Waals surface area contributed by atoms with Crippen molar-refractivity contribution in [2.24, 2.45) is 17.8 Å². The van der Waals surface area contributed by atoms with Gasteiger partial charge in [0.25, 0.3) is 0 Å². The molecule has 174 valence electrons. The molecule has 2 saturated carbocycles. The summed E-state index contributed by atoms with van der Waals surface area (Å²) in [7, 11) is 0. The summed E-state index contributed by atoms with van der Waals surface area (Å²) >= 11 is 0. The summed E-state index contributed by atoms with van der Waals surface area (Å²) < 4.78 is 33.5. The summed E-state index contributed by atoms with van der Waals surface area (Å²) in [5.74, 6) is 3.17. The fourth-order valence-corrected chi connectivity index (χ4v) is 6.06. The third-order valence-electron chi connectivity index (χ3n) is 7.96. The molecule has 0 amide bonds. The van der Waals surface area contributed by atoms with Crippen molar-refractivity contribution in [2.75, 3.05) is 0 Å². The van der Waals surface area contributed by atoms with Gasteiger partial charge in [0.15, 0.2) is 0 Å². The zero-order chi connectivity index (χ0) is 22.3. The van der Waals surface area contributed by atoms with E-state index >= 15 is 0 Å². The Morgan fingerprint density at radius 2 is 1.53 bits per heavy atom. The quantitative estimate of drug-likeness (QED) is 0.398. The Balaban J connectivity index is 1.29. The van der Waals surface area contributed by atoms with Crippen molar-refractivity contribution in [3.05, 3.63) is 65.2 Å². The Morgan fingerprint density at radius 1 is 0.812 bits per heavy atom. The molecule has 0 saturated heterocycles. The van der Waals surface area contributed by atoms with Gasteiger partial charge >= 0.3 is 0 Å². The van der Waals surface area contributed by atoms with Crippen molar-refractivity contribution in [1.29, 1.82) is 0 Å². The summed E-state index contributed by atoms with van der Waals surface area (Å²) in [6.45, 7) is 2.54. The number of hydrogen-bond acceptors (Lipinski definition) is 1. The highest BCUT2D eigenvalue weighted by Crippen LogP contribution is 2.45. The second-order valence-electron chi connectivity index (χ2n) is 10.2. The minimum absolute atomic E-state index is 0.244. The molecule has 0 unspecified atom stereocenters. The van der Waals surface area contributed by atoms with Crippen LogP contribution in [0.4, 0.5) is 8.78 Å². The molecule has 3 heteroatoms. The summed E-state index contributed by atoms with van der Waals surface area (Å²) in [6.07, 6.45) is 14.7. The average Bonchev–Trinajstić information content (AvgIpc) is 2.82. The lowest BCUT2D eigenvalue weighted by Crippen LogP contribution is -2.25. The molecule has 0 spiro atoms. The van der Waals surface area contributed by atoms with E-state index in [1.165, 1.54) is 76.0 Å². The molecule has 1 nitrogen and oxygen atoms in total. The van der Waals surface area contributed by atoms with Gasteiger partial charge in [-0.3, -0.25) is 0 Å². The van der Waals surface area contributed by atoms with Crippen molar-refractivity contribution in [3.8, 4) is 5.75 Å². The summed E-state index contributed by atoms with van der Waals surface area (Å²) in [5.41, 5.74) is 1.81. The van der Waals surface area contributed by atoms with Gasteiger partial charge in [0.2, 0.25) is 0 Å². The molecule has 0 N–H and O–H groups in total. The molecule has 0 aliphatic heterocycles. The van der Waals surface area contributed by atoms with E-state index < -0.39 is 0 Å². The van der Waals surface area contributed by atoms with Crippen LogP contribution in [0.2, 0.25) is 0 Å². The minimum Gasteiger partial charge on any atom is -0.489 e. The maximum atomic E-state index is 14.3. The van der Waals surface area contributed by atoms with E-state index in [0.29, 0.717) is 11.7 Å². The lowest BCUT2D eigenvalue weighted by molar-refractivity contribution is 0.155. The zero-order valence-corrected chi connectivity index (χ0v) is 19.5. The highest BCUT2D eigenvalue weighted by molar-refractivity contribution is 5.32.